The maximum atomic E-state index is 12.9. The first-order valence-electron chi connectivity index (χ1n) is 10.5. The summed E-state index contributed by atoms with van der Waals surface area (Å²) < 4.78 is 6.56. The van der Waals surface area contributed by atoms with Gasteiger partial charge in [0.15, 0.2) is 5.58 Å². The van der Waals surface area contributed by atoms with Crippen LogP contribution in [-0.2, 0) is 11.3 Å². The third kappa shape index (κ3) is 3.53. The minimum absolute atomic E-state index is 0.0180. The Morgan fingerprint density at radius 1 is 1.28 bits per heavy atom. The summed E-state index contributed by atoms with van der Waals surface area (Å²) in [4.78, 5) is 45.4. The molecular formula is C22H21N5O5. The Balaban J connectivity index is 1.27. The van der Waals surface area contributed by atoms with E-state index in [-0.39, 0.29) is 29.6 Å². The fraction of sp³-hybridized carbons (Fsp3) is 0.318. The molecule has 0 saturated carbocycles. The van der Waals surface area contributed by atoms with Crippen LogP contribution in [-0.4, -0.2) is 36.8 Å². The van der Waals surface area contributed by atoms with Gasteiger partial charge in [-0.1, -0.05) is 12.1 Å². The highest BCUT2D eigenvalue weighted by Crippen LogP contribution is 2.32. The number of likely N-dealkylation sites (tertiary alicyclic amines) is 1. The number of rotatable bonds is 6. The molecule has 10 nitrogen and oxygen atoms in total. The van der Waals surface area contributed by atoms with Gasteiger partial charge >= 0.3 is 5.76 Å². The van der Waals surface area contributed by atoms with Crippen molar-refractivity contribution in [1.82, 2.24) is 19.4 Å². The molecule has 1 aliphatic heterocycles. The first kappa shape index (κ1) is 20.0. The van der Waals surface area contributed by atoms with Gasteiger partial charge in [-0.25, -0.2) is 9.78 Å². The van der Waals surface area contributed by atoms with Crippen LogP contribution >= 0.6 is 0 Å². The van der Waals surface area contributed by atoms with Gasteiger partial charge in [-0.2, -0.15) is 0 Å². The van der Waals surface area contributed by atoms with E-state index in [1.807, 2.05) is 29.2 Å². The van der Waals surface area contributed by atoms with E-state index in [9.17, 15) is 19.7 Å². The van der Waals surface area contributed by atoms with E-state index in [0.717, 1.165) is 29.7 Å². The largest absolute Gasteiger partial charge is 0.419 e. The van der Waals surface area contributed by atoms with E-state index < -0.39 is 10.7 Å². The third-order valence-electron chi connectivity index (χ3n) is 5.93. The number of nitro groups is 1. The van der Waals surface area contributed by atoms with Gasteiger partial charge in [-0.15, -0.1) is 0 Å². The lowest BCUT2D eigenvalue weighted by atomic mass is 10.2. The lowest BCUT2D eigenvalue weighted by Crippen LogP contribution is -2.31. The number of hydrogen-bond acceptors (Lipinski definition) is 6. The molecule has 0 unspecified atom stereocenters. The minimum Gasteiger partial charge on any atom is -0.407 e. The molecule has 1 fully saturated rings. The molecule has 1 aliphatic rings. The number of fused-ring (bicyclic) bond motifs is 2. The number of aryl methyl sites for hydroxylation is 1. The van der Waals surface area contributed by atoms with Crippen LogP contribution in [0.2, 0.25) is 0 Å². The van der Waals surface area contributed by atoms with Crippen LogP contribution in [0.25, 0.3) is 22.1 Å². The summed E-state index contributed by atoms with van der Waals surface area (Å²) in [6, 6.07) is 11.8. The predicted molar refractivity (Wildman–Crippen MR) is 116 cm³/mol. The van der Waals surface area contributed by atoms with Crippen LogP contribution in [0.15, 0.2) is 51.7 Å². The van der Waals surface area contributed by atoms with Crippen LogP contribution in [0, 0.1) is 10.1 Å². The summed E-state index contributed by atoms with van der Waals surface area (Å²) in [6.07, 6.45) is 2.50. The van der Waals surface area contributed by atoms with Crippen molar-refractivity contribution >= 4 is 33.7 Å². The van der Waals surface area contributed by atoms with Crippen LogP contribution in [0.5, 0.6) is 0 Å². The predicted octanol–water partition coefficient (Wildman–Crippen LogP) is 3.52. The highest BCUT2D eigenvalue weighted by Gasteiger charge is 2.31. The normalized spacial score (nSPS) is 16.2. The Bertz CT molecular complexity index is 1350. The number of H-pyrrole nitrogens is 1. The zero-order valence-electron chi connectivity index (χ0n) is 17.2. The van der Waals surface area contributed by atoms with Crippen LogP contribution in [0.3, 0.4) is 0 Å². The van der Waals surface area contributed by atoms with Gasteiger partial charge < -0.3 is 14.3 Å². The lowest BCUT2D eigenvalue weighted by molar-refractivity contribution is -0.384. The molecule has 1 N–H and O–H groups in total. The van der Waals surface area contributed by atoms with Crippen molar-refractivity contribution in [3.63, 3.8) is 0 Å². The number of nitro benzene ring substituents is 1. The fourth-order valence-electron chi connectivity index (χ4n) is 4.39. The molecule has 1 atom stereocenters. The number of carbonyl (C=O) groups is 1. The highest BCUT2D eigenvalue weighted by molar-refractivity contribution is 5.78. The van der Waals surface area contributed by atoms with Gasteiger partial charge in [-0.3, -0.25) is 19.5 Å². The molecule has 2 aromatic heterocycles. The zero-order valence-corrected chi connectivity index (χ0v) is 17.2. The SMILES string of the molecule is O=C(CCCn1c(=O)oc2cc([N+](=O)[O-])ccc21)N1CCC[C@H]1c1nc2ccccc2[nH]1. The standard InChI is InChI=1S/C22H21N5O5/c28-20(25-11-3-7-18(25)21-23-15-5-1-2-6-16(15)24-21)8-4-12-26-17-10-9-14(27(30)31)13-19(17)32-22(26)29/h1-2,5-6,9-10,13,18H,3-4,7-8,11-12H2,(H,23,24)/t18-/m0/s1. The molecule has 10 heteroatoms. The van der Waals surface area contributed by atoms with E-state index in [0.29, 0.717) is 25.0 Å². The number of benzene rings is 2. The number of hydrogen-bond donors (Lipinski definition) is 1. The molecular weight excluding hydrogens is 414 g/mol. The number of para-hydroxylation sites is 2. The minimum atomic E-state index is -0.589. The van der Waals surface area contributed by atoms with Gasteiger partial charge in [0.05, 0.1) is 33.6 Å². The number of non-ortho nitro benzene ring substituents is 1. The van der Waals surface area contributed by atoms with Crippen molar-refractivity contribution in [2.75, 3.05) is 6.54 Å². The lowest BCUT2D eigenvalue weighted by Gasteiger charge is -2.23. The van der Waals surface area contributed by atoms with Gasteiger partial charge in [0.2, 0.25) is 5.91 Å². The average Bonchev–Trinajstić information content (AvgIpc) is 3.49. The Morgan fingerprint density at radius 3 is 2.94 bits per heavy atom. The molecule has 32 heavy (non-hydrogen) atoms. The number of nitrogens with one attached hydrogen (secondary N) is 1. The molecule has 0 radical (unpaired) electrons. The van der Waals surface area contributed by atoms with Crippen molar-refractivity contribution in [3.05, 3.63) is 69.0 Å². The summed E-state index contributed by atoms with van der Waals surface area (Å²) >= 11 is 0. The summed E-state index contributed by atoms with van der Waals surface area (Å²) in [7, 11) is 0. The Morgan fingerprint density at radius 2 is 2.12 bits per heavy atom. The topological polar surface area (TPSA) is 127 Å². The van der Waals surface area contributed by atoms with E-state index in [1.54, 1.807) is 0 Å². The number of nitrogens with zero attached hydrogens (tertiary/aromatic N) is 4. The molecule has 3 heterocycles. The number of carbonyl (C=O) groups excluding carboxylic acids is 1. The molecule has 1 amide bonds. The number of imidazole rings is 1. The molecule has 4 aromatic rings. The van der Waals surface area contributed by atoms with Gasteiger partial charge in [0.25, 0.3) is 5.69 Å². The summed E-state index contributed by atoms with van der Waals surface area (Å²) in [5.41, 5.74) is 2.34. The Labute approximate surface area is 181 Å². The summed E-state index contributed by atoms with van der Waals surface area (Å²) in [6.45, 7) is 0.970. The maximum absolute atomic E-state index is 12.9. The summed E-state index contributed by atoms with van der Waals surface area (Å²) in [5.74, 6) is 0.231. The average molecular weight is 435 g/mol. The Hall–Kier alpha value is -3.95. The maximum Gasteiger partial charge on any atom is 0.419 e. The number of aromatic amines is 1. The van der Waals surface area contributed by atoms with E-state index >= 15 is 0 Å². The van der Waals surface area contributed by atoms with Gasteiger partial charge in [0.1, 0.15) is 5.82 Å². The van der Waals surface area contributed by atoms with Crippen molar-refractivity contribution in [2.45, 2.75) is 38.3 Å². The molecule has 164 valence electrons. The van der Waals surface area contributed by atoms with Crippen LogP contribution in [0.4, 0.5) is 5.69 Å². The molecule has 2 aromatic carbocycles. The molecule has 1 saturated heterocycles. The summed E-state index contributed by atoms with van der Waals surface area (Å²) in [5, 5.41) is 10.9. The fourth-order valence-corrected chi connectivity index (χ4v) is 4.39. The first-order valence-corrected chi connectivity index (χ1v) is 10.5. The highest BCUT2D eigenvalue weighted by atomic mass is 16.6. The monoisotopic (exact) mass is 435 g/mol. The van der Waals surface area contributed by atoms with Crippen molar-refractivity contribution in [1.29, 1.82) is 0 Å². The molecule has 0 aliphatic carbocycles. The van der Waals surface area contributed by atoms with Gasteiger partial charge in [0, 0.05) is 25.6 Å². The Kier molecular flexibility index (Phi) is 4.96. The second-order valence-electron chi connectivity index (χ2n) is 7.92. The van der Waals surface area contributed by atoms with Crippen molar-refractivity contribution < 1.29 is 14.1 Å². The second kappa shape index (κ2) is 7.95. The van der Waals surface area contributed by atoms with Crippen molar-refractivity contribution in [2.24, 2.45) is 0 Å². The van der Waals surface area contributed by atoms with Crippen LogP contribution in [0.1, 0.15) is 37.5 Å². The second-order valence-corrected chi connectivity index (χ2v) is 7.92. The zero-order chi connectivity index (χ0) is 22.2. The van der Waals surface area contributed by atoms with Crippen molar-refractivity contribution in [3.8, 4) is 0 Å². The van der Waals surface area contributed by atoms with E-state index in [1.165, 1.54) is 22.8 Å². The third-order valence-corrected chi connectivity index (χ3v) is 5.93. The molecule has 0 spiro atoms. The molecule has 5 rings (SSSR count). The smallest absolute Gasteiger partial charge is 0.407 e. The molecule has 0 bridgehead atoms. The first-order chi connectivity index (χ1) is 15.5. The number of oxazole rings is 1. The quantitative estimate of drug-likeness (QED) is 0.365. The van der Waals surface area contributed by atoms with Crippen LogP contribution < -0.4 is 5.76 Å². The van der Waals surface area contributed by atoms with Gasteiger partial charge in [-0.05, 0) is 37.5 Å². The number of amides is 1. The van der Waals surface area contributed by atoms with E-state index in [4.69, 9.17) is 4.42 Å². The number of aromatic nitrogens is 3. The van der Waals surface area contributed by atoms with E-state index in [2.05, 4.69) is 9.97 Å².